The SMILES string of the molecule is O=C(Nc1cc(F)c(Br)cc1F)c1ccn[nH]1. The predicted octanol–water partition coefficient (Wildman–Crippen LogP) is 2.70. The molecule has 7 heteroatoms. The van der Waals surface area contributed by atoms with Gasteiger partial charge in [-0.05, 0) is 28.1 Å². The van der Waals surface area contributed by atoms with E-state index in [1.54, 1.807) is 0 Å². The van der Waals surface area contributed by atoms with Crippen molar-refractivity contribution in [2.24, 2.45) is 0 Å². The van der Waals surface area contributed by atoms with E-state index in [0.717, 1.165) is 12.1 Å². The fourth-order valence-electron chi connectivity index (χ4n) is 1.19. The van der Waals surface area contributed by atoms with E-state index in [-0.39, 0.29) is 15.9 Å². The number of hydrogen-bond donors (Lipinski definition) is 2. The highest BCUT2D eigenvalue weighted by Gasteiger charge is 2.13. The maximum absolute atomic E-state index is 13.4. The van der Waals surface area contributed by atoms with Crippen molar-refractivity contribution in [3.05, 3.63) is 46.2 Å². The number of aromatic amines is 1. The van der Waals surface area contributed by atoms with E-state index in [1.165, 1.54) is 12.3 Å². The van der Waals surface area contributed by atoms with E-state index in [1.807, 2.05) is 0 Å². The number of H-pyrrole nitrogens is 1. The molecule has 1 aromatic heterocycles. The van der Waals surface area contributed by atoms with Crippen LogP contribution in [0.1, 0.15) is 10.5 Å². The summed E-state index contributed by atoms with van der Waals surface area (Å²) in [5.41, 5.74) is -0.0713. The largest absolute Gasteiger partial charge is 0.318 e. The molecule has 0 aliphatic heterocycles. The Morgan fingerprint density at radius 2 is 2.12 bits per heavy atom. The number of nitrogens with zero attached hydrogens (tertiary/aromatic N) is 1. The first-order chi connectivity index (χ1) is 8.08. The van der Waals surface area contributed by atoms with Gasteiger partial charge in [-0.15, -0.1) is 0 Å². The van der Waals surface area contributed by atoms with Gasteiger partial charge in [-0.25, -0.2) is 8.78 Å². The second-order valence-electron chi connectivity index (χ2n) is 3.17. The number of amides is 1. The van der Waals surface area contributed by atoms with Crippen LogP contribution in [-0.4, -0.2) is 16.1 Å². The Hall–Kier alpha value is -1.76. The van der Waals surface area contributed by atoms with Gasteiger partial charge in [-0.1, -0.05) is 0 Å². The van der Waals surface area contributed by atoms with Gasteiger partial charge in [0.25, 0.3) is 5.91 Å². The van der Waals surface area contributed by atoms with E-state index in [9.17, 15) is 13.6 Å². The van der Waals surface area contributed by atoms with E-state index in [2.05, 4.69) is 31.4 Å². The van der Waals surface area contributed by atoms with Crippen LogP contribution in [0.4, 0.5) is 14.5 Å². The number of halogens is 3. The third kappa shape index (κ3) is 2.50. The molecule has 0 aliphatic carbocycles. The Balaban J connectivity index is 2.25. The quantitative estimate of drug-likeness (QED) is 0.838. The van der Waals surface area contributed by atoms with Crippen LogP contribution in [0, 0.1) is 11.6 Å². The number of rotatable bonds is 2. The molecule has 2 rings (SSSR count). The standard InChI is InChI=1S/C10H6BrF2N3O/c11-5-3-7(13)9(4-6(5)12)15-10(17)8-1-2-14-16-8/h1-4H,(H,14,16)(H,15,17). The van der Waals surface area contributed by atoms with Gasteiger partial charge in [0.1, 0.15) is 17.3 Å². The molecule has 0 atom stereocenters. The van der Waals surface area contributed by atoms with Crippen LogP contribution in [0.5, 0.6) is 0 Å². The average molecular weight is 302 g/mol. The lowest BCUT2D eigenvalue weighted by atomic mass is 10.3. The van der Waals surface area contributed by atoms with Crippen molar-refractivity contribution in [2.75, 3.05) is 5.32 Å². The number of benzene rings is 1. The first kappa shape index (κ1) is 11.7. The van der Waals surface area contributed by atoms with Crippen LogP contribution in [0.25, 0.3) is 0 Å². The number of hydrogen-bond acceptors (Lipinski definition) is 2. The smallest absolute Gasteiger partial charge is 0.273 e. The van der Waals surface area contributed by atoms with Gasteiger partial charge in [0.2, 0.25) is 0 Å². The minimum atomic E-state index is -0.730. The van der Waals surface area contributed by atoms with Crippen molar-refractivity contribution in [3.63, 3.8) is 0 Å². The normalized spacial score (nSPS) is 10.3. The highest BCUT2D eigenvalue weighted by molar-refractivity contribution is 9.10. The summed E-state index contributed by atoms with van der Waals surface area (Å²) in [6.45, 7) is 0. The summed E-state index contributed by atoms with van der Waals surface area (Å²) in [6, 6.07) is 3.26. The lowest BCUT2D eigenvalue weighted by Gasteiger charge is -2.06. The van der Waals surface area contributed by atoms with Crippen LogP contribution < -0.4 is 5.32 Å². The summed E-state index contributed by atoms with van der Waals surface area (Å²) in [6.07, 6.45) is 1.38. The minimum absolute atomic E-state index is 0.00506. The zero-order valence-corrected chi connectivity index (χ0v) is 9.88. The zero-order chi connectivity index (χ0) is 12.4. The molecular weight excluding hydrogens is 296 g/mol. The van der Waals surface area contributed by atoms with Crippen LogP contribution >= 0.6 is 15.9 Å². The monoisotopic (exact) mass is 301 g/mol. The number of carbonyl (C=O) groups is 1. The molecule has 0 saturated carbocycles. The molecule has 88 valence electrons. The van der Waals surface area contributed by atoms with Gasteiger partial charge in [0, 0.05) is 12.3 Å². The Kier molecular flexibility index (Phi) is 3.19. The lowest BCUT2D eigenvalue weighted by Crippen LogP contribution is -2.13. The molecule has 0 saturated heterocycles. The zero-order valence-electron chi connectivity index (χ0n) is 8.30. The molecule has 1 aromatic carbocycles. The molecule has 17 heavy (non-hydrogen) atoms. The highest BCUT2D eigenvalue weighted by Crippen LogP contribution is 2.23. The summed E-state index contributed by atoms with van der Waals surface area (Å²) in [5.74, 6) is -1.99. The molecule has 0 fully saturated rings. The number of anilines is 1. The molecular formula is C10H6BrF2N3O. The van der Waals surface area contributed by atoms with Gasteiger partial charge >= 0.3 is 0 Å². The molecule has 4 nitrogen and oxygen atoms in total. The lowest BCUT2D eigenvalue weighted by molar-refractivity contribution is 0.102. The molecule has 1 amide bonds. The van der Waals surface area contributed by atoms with Crippen LogP contribution in [0.2, 0.25) is 0 Å². The maximum atomic E-state index is 13.4. The molecule has 0 bridgehead atoms. The van der Waals surface area contributed by atoms with E-state index in [0.29, 0.717) is 0 Å². The molecule has 2 N–H and O–H groups in total. The molecule has 0 aliphatic rings. The summed E-state index contributed by atoms with van der Waals surface area (Å²) in [5, 5.41) is 8.23. The van der Waals surface area contributed by atoms with Crippen molar-refractivity contribution >= 4 is 27.5 Å². The highest BCUT2D eigenvalue weighted by atomic mass is 79.9. The van der Waals surface area contributed by atoms with Gasteiger partial charge in [-0.3, -0.25) is 9.89 Å². The average Bonchev–Trinajstić information content (AvgIpc) is 2.79. The van der Waals surface area contributed by atoms with Crippen molar-refractivity contribution in [3.8, 4) is 0 Å². The Bertz CT molecular complexity index is 557. The van der Waals surface area contributed by atoms with Crippen molar-refractivity contribution < 1.29 is 13.6 Å². The second kappa shape index (κ2) is 4.62. The first-order valence-corrected chi connectivity index (χ1v) is 5.32. The topological polar surface area (TPSA) is 57.8 Å². The number of carbonyl (C=O) groups excluding carboxylic acids is 1. The Morgan fingerprint density at radius 1 is 1.35 bits per heavy atom. The van der Waals surface area contributed by atoms with E-state index >= 15 is 0 Å². The fourth-order valence-corrected chi connectivity index (χ4v) is 1.51. The van der Waals surface area contributed by atoms with Crippen molar-refractivity contribution in [2.45, 2.75) is 0 Å². The number of nitrogens with one attached hydrogen (secondary N) is 2. The molecule has 2 aromatic rings. The Morgan fingerprint density at radius 3 is 2.76 bits per heavy atom. The van der Waals surface area contributed by atoms with Crippen molar-refractivity contribution in [1.29, 1.82) is 0 Å². The Labute approximate surface area is 103 Å². The van der Waals surface area contributed by atoms with E-state index in [4.69, 9.17) is 0 Å². The summed E-state index contributed by atoms with van der Waals surface area (Å²) in [7, 11) is 0. The molecule has 0 spiro atoms. The van der Waals surface area contributed by atoms with Crippen LogP contribution in [0.15, 0.2) is 28.9 Å². The third-order valence-electron chi connectivity index (χ3n) is 2.00. The number of aromatic nitrogens is 2. The maximum Gasteiger partial charge on any atom is 0.273 e. The second-order valence-corrected chi connectivity index (χ2v) is 4.02. The van der Waals surface area contributed by atoms with E-state index < -0.39 is 17.5 Å². The van der Waals surface area contributed by atoms with Crippen molar-refractivity contribution in [1.82, 2.24) is 10.2 Å². The van der Waals surface area contributed by atoms with Gasteiger partial charge in [0.05, 0.1) is 10.2 Å². The minimum Gasteiger partial charge on any atom is -0.318 e. The molecule has 0 radical (unpaired) electrons. The summed E-state index contributed by atoms with van der Waals surface area (Å²) < 4.78 is 26.6. The van der Waals surface area contributed by atoms with Gasteiger partial charge in [0.15, 0.2) is 0 Å². The fraction of sp³-hybridized carbons (Fsp3) is 0. The third-order valence-corrected chi connectivity index (χ3v) is 2.61. The van der Waals surface area contributed by atoms with Gasteiger partial charge < -0.3 is 5.32 Å². The van der Waals surface area contributed by atoms with Crippen LogP contribution in [-0.2, 0) is 0 Å². The van der Waals surface area contributed by atoms with Gasteiger partial charge in [-0.2, -0.15) is 5.10 Å². The predicted molar refractivity (Wildman–Crippen MR) is 60.6 cm³/mol. The summed E-state index contributed by atoms with van der Waals surface area (Å²) in [4.78, 5) is 11.5. The first-order valence-electron chi connectivity index (χ1n) is 4.53. The summed E-state index contributed by atoms with van der Waals surface area (Å²) >= 11 is 2.84. The van der Waals surface area contributed by atoms with Crippen LogP contribution in [0.3, 0.4) is 0 Å². The molecule has 1 heterocycles. The molecule has 0 unspecified atom stereocenters.